The zero-order valence-corrected chi connectivity index (χ0v) is 17.6. The van der Waals surface area contributed by atoms with E-state index >= 15 is 0 Å². The molecule has 3 aromatic heterocycles. The molecule has 1 saturated carbocycles. The number of hydrogen-bond donors (Lipinski definition) is 1. The third-order valence-corrected chi connectivity index (χ3v) is 5.90. The summed E-state index contributed by atoms with van der Waals surface area (Å²) < 4.78 is 7.45. The summed E-state index contributed by atoms with van der Waals surface area (Å²) >= 11 is 0. The number of aromatic amines is 1. The number of carbonyl (C=O) groups is 1. The maximum absolute atomic E-state index is 13.5. The minimum atomic E-state index is -0.516. The lowest BCUT2D eigenvalue weighted by atomic mass is 10.0. The molecular weight excluding hydrogens is 382 g/mol. The van der Waals surface area contributed by atoms with Crippen molar-refractivity contribution in [3.05, 3.63) is 34.5 Å². The van der Waals surface area contributed by atoms with Gasteiger partial charge < -0.3 is 19.2 Å². The zero-order valence-electron chi connectivity index (χ0n) is 17.6. The summed E-state index contributed by atoms with van der Waals surface area (Å²) in [6, 6.07) is 1.97. The standard InChI is InChI=1S/C22H27N5O3/c1-22(2,3)30-21(29)26-10-7-14(8-11-26)27-18-15-6-9-23-19(15)24-12-16(18)25-17(20(27)28)13-4-5-13/h6,9,12-14H,4-5,7-8,10-11H2,1-3H3,(H,23,24). The molecule has 0 aromatic carbocycles. The van der Waals surface area contributed by atoms with E-state index in [0.717, 1.165) is 34.9 Å². The van der Waals surface area contributed by atoms with Crippen molar-refractivity contribution < 1.29 is 9.53 Å². The molecule has 4 heterocycles. The lowest BCUT2D eigenvalue weighted by molar-refractivity contribution is 0.0189. The molecule has 3 aromatic rings. The van der Waals surface area contributed by atoms with Crippen molar-refractivity contribution in [2.45, 2.75) is 64.0 Å². The van der Waals surface area contributed by atoms with Crippen LogP contribution in [0.2, 0.25) is 0 Å². The Morgan fingerprint density at radius 1 is 1.20 bits per heavy atom. The summed E-state index contributed by atoms with van der Waals surface area (Å²) in [5, 5.41) is 0.911. The van der Waals surface area contributed by atoms with Gasteiger partial charge in [-0.3, -0.25) is 4.79 Å². The first kappa shape index (κ1) is 19.1. The van der Waals surface area contributed by atoms with E-state index in [9.17, 15) is 9.59 Å². The Bertz CT molecular complexity index is 1180. The maximum atomic E-state index is 13.5. The SMILES string of the molecule is CC(C)(C)OC(=O)N1CCC(n2c(=O)c(C3CC3)nc3cnc4[nH]ccc4c32)CC1. The first-order valence-electron chi connectivity index (χ1n) is 10.7. The second-order valence-corrected chi connectivity index (χ2v) is 9.38. The van der Waals surface area contributed by atoms with Gasteiger partial charge >= 0.3 is 6.09 Å². The van der Waals surface area contributed by atoms with Crippen LogP contribution in [0.4, 0.5) is 4.79 Å². The molecule has 2 fully saturated rings. The second-order valence-electron chi connectivity index (χ2n) is 9.38. The van der Waals surface area contributed by atoms with E-state index in [0.29, 0.717) is 31.6 Å². The quantitative estimate of drug-likeness (QED) is 0.696. The molecule has 1 aliphatic carbocycles. The van der Waals surface area contributed by atoms with Crippen molar-refractivity contribution in [3.8, 4) is 0 Å². The number of nitrogens with one attached hydrogen (secondary N) is 1. The average Bonchev–Trinajstić information content (AvgIpc) is 3.42. The molecule has 2 aliphatic rings. The number of amides is 1. The van der Waals surface area contributed by atoms with Gasteiger partial charge in [0.15, 0.2) is 0 Å². The lowest BCUT2D eigenvalue weighted by Gasteiger charge is -2.34. The fourth-order valence-electron chi connectivity index (χ4n) is 4.33. The smallest absolute Gasteiger partial charge is 0.410 e. The number of carbonyl (C=O) groups excluding carboxylic acids is 1. The number of ether oxygens (including phenoxy) is 1. The van der Waals surface area contributed by atoms with Crippen LogP contribution in [-0.4, -0.2) is 49.2 Å². The van der Waals surface area contributed by atoms with E-state index < -0.39 is 5.60 Å². The Kier molecular flexibility index (Phi) is 4.34. The molecule has 0 radical (unpaired) electrons. The summed E-state index contributed by atoms with van der Waals surface area (Å²) in [6.45, 7) is 6.74. The number of aromatic nitrogens is 4. The van der Waals surface area contributed by atoms with Gasteiger partial charge in [0.1, 0.15) is 22.5 Å². The van der Waals surface area contributed by atoms with Crippen molar-refractivity contribution in [2.24, 2.45) is 0 Å². The van der Waals surface area contributed by atoms with Crippen LogP contribution < -0.4 is 5.56 Å². The molecule has 1 aliphatic heterocycles. The van der Waals surface area contributed by atoms with Crippen LogP contribution >= 0.6 is 0 Å². The first-order chi connectivity index (χ1) is 14.3. The van der Waals surface area contributed by atoms with Crippen molar-refractivity contribution >= 4 is 28.2 Å². The summed E-state index contributed by atoms with van der Waals surface area (Å²) in [7, 11) is 0. The van der Waals surface area contributed by atoms with Crippen molar-refractivity contribution in [3.63, 3.8) is 0 Å². The highest BCUT2D eigenvalue weighted by Gasteiger charge is 2.33. The Morgan fingerprint density at radius 3 is 2.60 bits per heavy atom. The number of pyridine rings is 1. The molecule has 8 nitrogen and oxygen atoms in total. The summed E-state index contributed by atoms with van der Waals surface area (Å²) in [6.07, 6.45) is 6.75. The molecule has 158 valence electrons. The molecule has 0 bridgehead atoms. The predicted molar refractivity (Wildman–Crippen MR) is 114 cm³/mol. The molecule has 1 N–H and O–H groups in total. The highest BCUT2D eigenvalue weighted by atomic mass is 16.6. The molecule has 8 heteroatoms. The minimum Gasteiger partial charge on any atom is -0.444 e. The normalized spacial score (nSPS) is 18.3. The van der Waals surface area contributed by atoms with Gasteiger partial charge in [0.2, 0.25) is 0 Å². The number of likely N-dealkylation sites (tertiary alicyclic amines) is 1. The maximum Gasteiger partial charge on any atom is 0.410 e. The van der Waals surface area contributed by atoms with Crippen LogP contribution in [0.1, 0.15) is 64.1 Å². The third-order valence-electron chi connectivity index (χ3n) is 5.90. The van der Waals surface area contributed by atoms with Crippen LogP contribution in [0.5, 0.6) is 0 Å². The number of H-pyrrole nitrogens is 1. The second kappa shape index (κ2) is 6.82. The van der Waals surface area contributed by atoms with Crippen molar-refractivity contribution in [1.29, 1.82) is 0 Å². The van der Waals surface area contributed by atoms with Crippen molar-refractivity contribution in [1.82, 2.24) is 24.4 Å². The molecule has 0 spiro atoms. The van der Waals surface area contributed by atoms with Gasteiger partial charge in [-0.1, -0.05) is 0 Å². The zero-order chi connectivity index (χ0) is 21.0. The monoisotopic (exact) mass is 409 g/mol. The molecule has 1 saturated heterocycles. The Hall–Kier alpha value is -2.90. The van der Waals surface area contributed by atoms with Crippen LogP contribution in [0, 0.1) is 0 Å². The highest BCUT2D eigenvalue weighted by molar-refractivity contribution is 6.00. The van der Waals surface area contributed by atoms with Gasteiger partial charge in [0.05, 0.1) is 11.7 Å². The van der Waals surface area contributed by atoms with E-state index in [2.05, 4.69) is 9.97 Å². The van der Waals surface area contributed by atoms with E-state index in [1.807, 2.05) is 37.6 Å². The lowest BCUT2D eigenvalue weighted by Crippen LogP contribution is -2.43. The number of rotatable bonds is 2. The van der Waals surface area contributed by atoms with Gasteiger partial charge in [0, 0.05) is 36.6 Å². The average molecular weight is 409 g/mol. The van der Waals surface area contributed by atoms with E-state index in [1.165, 1.54) is 0 Å². The number of nitrogens with zero attached hydrogens (tertiary/aromatic N) is 4. The first-order valence-corrected chi connectivity index (χ1v) is 10.7. The largest absolute Gasteiger partial charge is 0.444 e. The summed E-state index contributed by atoms with van der Waals surface area (Å²) in [5.41, 5.74) is 2.51. The number of hydrogen-bond acceptors (Lipinski definition) is 5. The Balaban J connectivity index is 1.53. The van der Waals surface area contributed by atoms with Gasteiger partial charge in [-0.25, -0.2) is 14.8 Å². The van der Waals surface area contributed by atoms with Crippen LogP contribution in [0.3, 0.4) is 0 Å². The fourth-order valence-corrected chi connectivity index (χ4v) is 4.33. The minimum absolute atomic E-state index is 0.00872. The predicted octanol–water partition coefficient (Wildman–Crippen LogP) is 3.72. The molecule has 0 unspecified atom stereocenters. The Morgan fingerprint density at radius 2 is 1.93 bits per heavy atom. The molecular formula is C22H27N5O3. The third kappa shape index (κ3) is 3.34. The molecule has 30 heavy (non-hydrogen) atoms. The van der Waals surface area contributed by atoms with Crippen LogP contribution in [0.15, 0.2) is 23.3 Å². The molecule has 5 rings (SSSR count). The van der Waals surface area contributed by atoms with Crippen LogP contribution in [-0.2, 0) is 4.74 Å². The fraction of sp³-hybridized carbons (Fsp3) is 0.545. The van der Waals surface area contributed by atoms with Gasteiger partial charge in [0.25, 0.3) is 5.56 Å². The Labute approximate surface area is 174 Å². The number of piperidine rings is 1. The van der Waals surface area contributed by atoms with Gasteiger partial charge in [-0.2, -0.15) is 0 Å². The summed E-state index contributed by atoms with van der Waals surface area (Å²) in [4.78, 5) is 40.0. The molecule has 1 amide bonds. The summed E-state index contributed by atoms with van der Waals surface area (Å²) in [5.74, 6) is 0.261. The highest BCUT2D eigenvalue weighted by Crippen LogP contribution is 2.39. The number of fused-ring (bicyclic) bond motifs is 3. The molecule has 0 atom stereocenters. The van der Waals surface area contributed by atoms with E-state index in [-0.39, 0.29) is 23.6 Å². The van der Waals surface area contributed by atoms with E-state index in [1.54, 1.807) is 11.1 Å². The van der Waals surface area contributed by atoms with Gasteiger partial charge in [-0.05, 0) is 52.5 Å². The van der Waals surface area contributed by atoms with Crippen LogP contribution in [0.25, 0.3) is 22.1 Å². The van der Waals surface area contributed by atoms with Gasteiger partial charge in [-0.15, -0.1) is 0 Å². The van der Waals surface area contributed by atoms with E-state index in [4.69, 9.17) is 9.72 Å². The topological polar surface area (TPSA) is 93.1 Å². The van der Waals surface area contributed by atoms with Crippen molar-refractivity contribution in [2.75, 3.05) is 13.1 Å².